The van der Waals surface area contributed by atoms with Gasteiger partial charge >= 0.3 is 5.97 Å². The van der Waals surface area contributed by atoms with Gasteiger partial charge in [-0.15, -0.1) is 0 Å². The Morgan fingerprint density at radius 1 is 1.52 bits per heavy atom. The van der Waals surface area contributed by atoms with Crippen LogP contribution >= 0.6 is 11.6 Å². The highest BCUT2D eigenvalue weighted by molar-refractivity contribution is 6.31. The Hall–Kier alpha value is -1.89. The smallest absolute Gasteiger partial charge is 0.328 e. The maximum absolute atomic E-state index is 13.5. The third-order valence-electron chi connectivity index (χ3n) is 2.76. The molecule has 0 fully saturated rings. The fraction of sp³-hybridized carbons (Fsp3) is 0.462. The molecule has 1 aromatic carbocycles. The van der Waals surface area contributed by atoms with Crippen molar-refractivity contribution in [3.05, 3.63) is 33.1 Å². The highest BCUT2D eigenvalue weighted by atomic mass is 35.5. The number of anilines is 1. The van der Waals surface area contributed by atoms with Crippen LogP contribution in [0.15, 0.2) is 12.1 Å². The van der Waals surface area contributed by atoms with E-state index in [0.717, 1.165) is 12.1 Å². The summed E-state index contributed by atoms with van der Waals surface area (Å²) in [7, 11) is 1.22. The Bertz CT molecular complexity index is 551. The van der Waals surface area contributed by atoms with Crippen LogP contribution < -0.4 is 5.32 Å². The summed E-state index contributed by atoms with van der Waals surface area (Å²) in [4.78, 5) is 22.0. The quantitative estimate of drug-likeness (QED) is 0.494. The number of nitrogens with zero attached hydrogens (tertiary/aromatic N) is 1. The van der Waals surface area contributed by atoms with Gasteiger partial charge in [0.05, 0.1) is 17.1 Å². The van der Waals surface area contributed by atoms with Crippen molar-refractivity contribution < 1.29 is 18.8 Å². The molecule has 0 bridgehead atoms. The molecule has 1 rings (SSSR count). The first-order chi connectivity index (χ1) is 9.76. The number of nitro benzene ring substituents is 1. The molecule has 1 aromatic rings. The van der Waals surface area contributed by atoms with Crippen LogP contribution in [-0.4, -0.2) is 24.0 Å². The second-order valence-electron chi connectivity index (χ2n) is 4.89. The van der Waals surface area contributed by atoms with Gasteiger partial charge < -0.3 is 10.1 Å². The number of esters is 1. The van der Waals surface area contributed by atoms with Crippen LogP contribution in [0, 0.1) is 21.8 Å². The normalized spacial score (nSPS) is 12.1. The van der Waals surface area contributed by atoms with Gasteiger partial charge in [0.2, 0.25) is 0 Å². The Balaban J connectivity index is 3.15. The van der Waals surface area contributed by atoms with Crippen molar-refractivity contribution in [3.8, 4) is 0 Å². The van der Waals surface area contributed by atoms with Crippen molar-refractivity contribution in [1.29, 1.82) is 0 Å². The van der Waals surface area contributed by atoms with Gasteiger partial charge in [0, 0.05) is 12.1 Å². The lowest BCUT2D eigenvalue weighted by Crippen LogP contribution is -2.32. The largest absolute Gasteiger partial charge is 0.467 e. The van der Waals surface area contributed by atoms with Crippen molar-refractivity contribution in [2.75, 3.05) is 12.4 Å². The molecule has 0 aliphatic carbocycles. The lowest BCUT2D eigenvalue weighted by Gasteiger charge is -2.19. The third kappa shape index (κ3) is 4.56. The second-order valence-corrected chi connectivity index (χ2v) is 5.30. The number of hydrogen-bond acceptors (Lipinski definition) is 5. The Morgan fingerprint density at radius 2 is 2.14 bits per heavy atom. The average Bonchev–Trinajstić information content (AvgIpc) is 2.40. The van der Waals surface area contributed by atoms with Gasteiger partial charge in [0.15, 0.2) is 0 Å². The maximum Gasteiger partial charge on any atom is 0.328 e. The zero-order valence-corrected chi connectivity index (χ0v) is 12.6. The van der Waals surface area contributed by atoms with Crippen LogP contribution in [0.3, 0.4) is 0 Å². The fourth-order valence-corrected chi connectivity index (χ4v) is 1.98. The van der Waals surface area contributed by atoms with E-state index in [1.165, 1.54) is 7.11 Å². The molecule has 8 heteroatoms. The van der Waals surface area contributed by atoms with E-state index in [9.17, 15) is 19.3 Å². The minimum atomic E-state index is -0.811. The summed E-state index contributed by atoms with van der Waals surface area (Å²) in [6.07, 6.45) is 0.383. The van der Waals surface area contributed by atoms with Crippen molar-refractivity contribution in [3.63, 3.8) is 0 Å². The Labute approximate surface area is 126 Å². The maximum atomic E-state index is 13.5. The number of nitrogens with one attached hydrogen (secondary N) is 1. The molecule has 21 heavy (non-hydrogen) atoms. The molecule has 0 amide bonds. The highest BCUT2D eigenvalue weighted by Crippen LogP contribution is 2.31. The number of hydrogen-bond donors (Lipinski definition) is 1. The van der Waals surface area contributed by atoms with E-state index in [-0.39, 0.29) is 16.6 Å². The van der Waals surface area contributed by atoms with E-state index < -0.39 is 28.4 Å². The predicted molar refractivity (Wildman–Crippen MR) is 76.9 cm³/mol. The lowest BCUT2D eigenvalue weighted by molar-refractivity contribution is -0.384. The molecule has 0 saturated carbocycles. The van der Waals surface area contributed by atoms with Crippen molar-refractivity contribution in [2.45, 2.75) is 26.3 Å². The molecule has 0 heterocycles. The monoisotopic (exact) mass is 318 g/mol. The Morgan fingerprint density at radius 3 is 2.62 bits per heavy atom. The fourth-order valence-electron chi connectivity index (χ4n) is 1.82. The van der Waals surface area contributed by atoms with Crippen LogP contribution in [-0.2, 0) is 9.53 Å². The SMILES string of the molecule is COC(=O)C(CC(C)C)Nc1cc(F)c(Cl)cc1[N+](=O)[O-]. The Kier molecular flexibility index (Phi) is 5.90. The highest BCUT2D eigenvalue weighted by Gasteiger charge is 2.25. The zero-order valence-electron chi connectivity index (χ0n) is 11.9. The molecule has 0 aliphatic rings. The van der Waals surface area contributed by atoms with Gasteiger partial charge in [-0.3, -0.25) is 10.1 Å². The molecular weight excluding hydrogens is 303 g/mol. The average molecular weight is 319 g/mol. The summed E-state index contributed by atoms with van der Waals surface area (Å²) in [5.74, 6) is -1.25. The molecule has 0 radical (unpaired) electrons. The first kappa shape index (κ1) is 17.2. The number of rotatable bonds is 6. The number of benzene rings is 1. The van der Waals surface area contributed by atoms with Gasteiger partial charge in [-0.25, -0.2) is 9.18 Å². The lowest BCUT2D eigenvalue weighted by atomic mass is 10.0. The summed E-state index contributed by atoms with van der Waals surface area (Å²) in [6.45, 7) is 3.77. The van der Waals surface area contributed by atoms with Gasteiger partial charge in [-0.2, -0.15) is 0 Å². The van der Waals surface area contributed by atoms with Gasteiger partial charge in [-0.1, -0.05) is 25.4 Å². The van der Waals surface area contributed by atoms with Gasteiger partial charge in [-0.05, 0) is 12.3 Å². The van der Waals surface area contributed by atoms with E-state index in [2.05, 4.69) is 10.1 Å². The van der Waals surface area contributed by atoms with Crippen molar-refractivity contribution in [2.24, 2.45) is 5.92 Å². The molecule has 116 valence electrons. The minimum absolute atomic E-state index is 0.113. The van der Waals surface area contributed by atoms with Gasteiger partial charge in [0.1, 0.15) is 17.5 Å². The molecule has 0 aliphatic heterocycles. The van der Waals surface area contributed by atoms with E-state index in [1.807, 2.05) is 13.8 Å². The van der Waals surface area contributed by atoms with Gasteiger partial charge in [0.25, 0.3) is 5.69 Å². The molecule has 0 spiro atoms. The molecule has 6 nitrogen and oxygen atoms in total. The van der Waals surface area contributed by atoms with Crippen molar-refractivity contribution in [1.82, 2.24) is 0 Å². The number of carbonyl (C=O) groups excluding carboxylic acids is 1. The summed E-state index contributed by atoms with van der Waals surface area (Å²) in [5, 5.41) is 13.3. The number of ether oxygens (including phenoxy) is 1. The molecule has 0 aromatic heterocycles. The molecule has 1 atom stereocenters. The molecule has 1 N–H and O–H groups in total. The third-order valence-corrected chi connectivity index (χ3v) is 3.05. The number of methoxy groups -OCH3 is 1. The number of nitro groups is 1. The van der Waals surface area contributed by atoms with Crippen molar-refractivity contribution >= 4 is 28.9 Å². The van der Waals surface area contributed by atoms with Crippen LogP contribution in [0.5, 0.6) is 0 Å². The zero-order chi connectivity index (χ0) is 16.2. The van der Waals surface area contributed by atoms with Crippen LogP contribution in [0.25, 0.3) is 0 Å². The molecule has 0 saturated heterocycles. The van der Waals surface area contributed by atoms with E-state index in [0.29, 0.717) is 6.42 Å². The predicted octanol–water partition coefficient (Wildman–Crippen LogP) is 3.39. The minimum Gasteiger partial charge on any atom is -0.467 e. The topological polar surface area (TPSA) is 81.5 Å². The first-order valence-electron chi connectivity index (χ1n) is 6.24. The van der Waals surface area contributed by atoms with E-state index in [4.69, 9.17) is 11.6 Å². The summed E-state index contributed by atoms with van der Waals surface area (Å²) in [5.41, 5.74) is -0.517. The molecule has 1 unspecified atom stereocenters. The summed E-state index contributed by atoms with van der Waals surface area (Å²) >= 11 is 5.54. The van der Waals surface area contributed by atoms with E-state index in [1.54, 1.807) is 0 Å². The van der Waals surface area contributed by atoms with E-state index >= 15 is 0 Å². The number of carbonyl (C=O) groups is 1. The molecular formula is C13H16ClFN2O4. The number of halogens is 2. The van der Waals surface area contributed by atoms with Crippen LogP contribution in [0.2, 0.25) is 5.02 Å². The first-order valence-corrected chi connectivity index (χ1v) is 6.61. The summed E-state index contributed by atoms with van der Waals surface area (Å²) in [6, 6.07) is 0.994. The van der Waals surface area contributed by atoms with Crippen LogP contribution in [0.1, 0.15) is 20.3 Å². The summed E-state index contributed by atoms with van der Waals surface area (Å²) < 4.78 is 18.2. The standard InChI is InChI=1S/C13H16ClFN2O4/c1-7(2)4-11(13(18)21-3)16-10-6-9(15)8(14)5-12(10)17(19)20/h5-7,11,16H,4H2,1-3H3. The second kappa shape index (κ2) is 7.21. The van der Waals surface area contributed by atoms with Crippen LogP contribution in [0.4, 0.5) is 15.8 Å².